The van der Waals surface area contributed by atoms with Crippen LogP contribution in [0.15, 0.2) is 18.2 Å². The summed E-state index contributed by atoms with van der Waals surface area (Å²) in [6, 6.07) is 6.20. The molecule has 0 bridgehead atoms. The molecule has 0 radical (unpaired) electrons. The molecule has 1 aromatic rings. The number of para-hydroxylation sites is 1. The SMILES string of the molecule is CC(C)c1cccc(C(C)C)c1ON. The van der Waals surface area contributed by atoms with E-state index in [1.165, 1.54) is 11.1 Å². The molecule has 78 valence electrons. The van der Waals surface area contributed by atoms with Gasteiger partial charge in [0, 0.05) is 0 Å². The summed E-state index contributed by atoms with van der Waals surface area (Å²) in [6.45, 7) is 8.56. The summed E-state index contributed by atoms with van der Waals surface area (Å²) in [5.74, 6) is 7.05. The van der Waals surface area contributed by atoms with Crippen molar-refractivity contribution in [3.8, 4) is 5.75 Å². The van der Waals surface area contributed by atoms with E-state index < -0.39 is 0 Å². The fourth-order valence-electron chi connectivity index (χ4n) is 1.62. The molecule has 0 saturated carbocycles. The highest BCUT2D eigenvalue weighted by Gasteiger charge is 2.14. The van der Waals surface area contributed by atoms with Gasteiger partial charge in [-0.2, -0.15) is 5.90 Å². The van der Waals surface area contributed by atoms with E-state index in [9.17, 15) is 0 Å². The number of nitrogens with two attached hydrogens (primary N) is 1. The van der Waals surface area contributed by atoms with Crippen LogP contribution in [-0.2, 0) is 0 Å². The highest BCUT2D eigenvalue weighted by Crippen LogP contribution is 2.33. The van der Waals surface area contributed by atoms with Crippen LogP contribution in [0, 0.1) is 0 Å². The Labute approximate surface area is 86.0 Å². The maximum Gasteiger partial charge on any atom is 0.153 e. The van der Waals surface area contributed by atoms with Gasteiger partial charge >= 0.3 is 0 Å². The van der Waals surface area contributed by atoms with Crippen LogP contribution < -0.4 is 10.7 Å². The van der Waals surface area contributed by atoms with Crippen molar-refractivity contribution in [1.82, 2.24) is 0 Å². The van der Waals surface area contributed by atoms with Gasteiger partial charge in [0.05, 0.1) is 0 Å². The number of hydrogen-bond donors (Lipinski definition) is 1. The lowest BCUT2D eigenvalue weighted by Gasteiger charge is -2.16. The maximum atomic E-state index is 5.33. The second-order valence-corrected chi connectivity index (χ2v) is 4.19. The van der Waals surface area contributed by atoms with Crippen molar-refractivity contribution < 1.29 is 4.84 Å². The van der Waals surface area contributed by atoms with E-state index in [0.29, 0.717) is 11.8 Å². The summed E-state index contributed by atoms with van der Waals surface area (Å²) in [7, 11) is 0. The molecule has 0 aliphatic rings. The molecule has 0 aromatic heterocycles. The number of rotatable bonds is 3. The first-order valence-electron chi connectivity index (χ1n) is 5.07. The maximum absolute atomic E-state index is 5.33. The molecule has 0 spiro atoms. The Balaban J connectivity index is 3.25. The molecule has 2 heteroatoms. The Bertz CT molecular complexity index is 279. The van der Waals surface area contributed by atoms with Gasteiger partial charge in [-0.3, -0.25) is 0 Å². The van der Waals surface area contributed by atoms with Gasteiger partial charge in [-0.15, -0.1) is 0 Å². The van der Waals surface area contributed by atoms with Gasteiger partial charge < -0.3 is 4.84 Å². The molecular weight excluding hydrogens is 174 g/mol. The van der Waals surface area contributed by atoms with E-state index in [2.05, 4.69) is 45.9 Å². The van der Waals surface area contributed by atoms with Gasteiger partial charge in [-0.1, -0.05) is 45.9 Å². The van der Waals surface area contributed by atoms with Crippen LogP contribution in [0.1, 0.15) is 50.7 Å². The predicted molar refractivity (Wildman–Crippen MR) is 59.4 cm³/mol. The van der Waals surface area contributed by atoms with E-state index in [1.54, 1.807) is 0 Å². The average Bonchev–Trinajstić information content (AvgIpc) is 2.16. The molecule has 0 amide bonds. The van der Waals surface area contributed by atoms with E-state index in [1.807, 2.05) is 0 Å². The summed E-state index contributed by atoms with van der Waals surface area (Å²) < 4.78 is 0. The third kappa shape index (κ3) is 2.07. The molecule has 0 saturated heterocycles. The third-order valence-corrected chi connectivity index (χ3v) is 2.44. The first kappa shape index (κ1) is 11.1. The molecule has 0 aliphatic carbocycles. The van der Waals surface area contributed by atoms with Crippen LogP contribution in [0.2, 0.25) is 0 Å². The lowest BCUT2D eigenvalue weighted by molar-refractivity contribution is 0.324. The minimum atomic E-state index is 0.437. The normalized spacial score (nSPS) is 11.1. The Hall–Kier alpha value is -1.02. The van der Waals surface area contributed by atoms with Crippen LogP contribution in [0.25, 0.3) is 0 Å². The zero-order valence-corrected chi connectivity index (χ0v) is 9.37. The van der Waals surface area contributed by atoms with Crippen molar-refractivity contribution in [2.24, 2.45) is 5.90 Å². The highest BCUT2D eigenvalue weighted by molar-refractivity contribution is 5.44. The molecule has 2 nitrogen and oxygen atoms in total. The molecule has 0 aliphatic heterocycles. The standard InChI is InChI=1S/C12H19NO/c1-8(2)10-6-5-7-11(9(3)4)12(10)14-13/h5-9H,13H2,1-4H3. The molecule has 0 unspecified atom stereocenters. The van der Waals surface area contributed by atoms with E-state index in [0.717, 1.165) is 5.75 Å². The van der Waals surface area contributed by atoms with Crippen LogP contribution in [0.4, 0.5) is 0 Å². The Morgan fingerprint density at radius 2 is 1.43 bits per heavy atom. The molecule has 0 fully saturated rings. The Morgan fingerprint density at radius 1 is 1.00 bits per heavy atom. The average molecular weight is 193 g/mol. The van der Waals surface area contributed by atoms with Crippen molar-refractivity contribution in [2.45, 2.75) is 39.5 Å². The van der Waals surface area contributed by atoms with Gasteiger partial charge in [-0.05, 0) is 23.0 Å². The predicted octanol–water partition coefficient (Wildman–Crippen LogP) is 3.19. The zero-order chi connectivity index (χ0) is 10.7. The summed E-state index contributed by atoms with van der Waals surface area (Å²) in [5.41, 5.74) is 2.36. The molecular formula is C12H19NO. The van der Waals surface area contributed by atoms with Crippen molar-refractivity contribution in [3.63, 3.8) is 0 Å². The molecule has 1 rings (SSSR count). The van der Waals surface area contributed by atoms with Crippen molar-refractivity contribution in [2.75, 3.05) is 0 Å². The largest absolute Gasteiger partial charge is 0.411 e. The van der Waals surface area contributed by atoms with Crippen LogP contribution in [-0.4, -0.2) is 0 Å². The first-order chi connectivity index (χ1) is 6.57. The third-order valence-electron chi connectivity index (χ3n) is 2.44. The van der Waals surface area contributed by atoms with Gasteiger partial charge in [-0.25, -0.2) is 0 Å². The van der Waals surface area contributed by atoms with Crippen molar-refractivity contribution in [1.29, 1.82) is 0 Å². The summed E-state index contributed by atoms with van der Waals surface area (Å²) in [4.78, 5) is 5.00. The monoisotopic (exact) mass is 193 g/mol. The van der Waals surface area contributed by atoms with E-state index in [4.69, 9.17) is 10.7 Å². The summed E-state index contributed by atoms with van der Waals surface area (Å²) >= 11 is 0. The van der Waals surface area contributed by atoms with Crippen molar-refractivity contribution >= 4 is 0 Å². The number of benzene rings is 1. The topological polar surface area (TPSA) is 35.2 Å². The first-order valence-corrected chi connectivity index (χ1v) is 5.07. The van der Waals surface area contributed by atoms with Gasteiger partial charge in [0.25, 0.3) is 0 Å². The van der Waals surface area contributed by atoms with Crippen LogP contribution in [0.5, 0.6) is 5.75 Å². The van der Waals surface area contributed by atoms with Gasteiger partial charge in [0.2, 0.25) is 0 Å². The fourth-order valence-corrected chi connectivity index (χ4v) is 1.62. The second kappa shape index (κ2) is 4.47. The summed E-state index contributed by atoms with van der Waals surface area (Å²) in [6.07, 6.45) is 0. The van der Waals surface area contributed by atoms with Gasteiger partial charge in [0.15, 0.2) is 5.75 Å². The van der Waals surface area contributed by atoms with Crippen LogP contribution >= 0.6 is 0 Å². The second-order valence-electron chi connectivity index (χ2n) is 4.19. The minimum Gasteiger partial charge on any atom is -0.411 e. The van der Waals surface area contributed by atoms with Crippen LogP contribution in [0.3, 0.4) is 0 Å². The Morgan fingerprint density at radius 3 is 1.71 bits per heavy atom. The quantitative estimate of drug-likeness (QED) is 0.748. The van der Waals surface area contributed by atoms with Gasteiger partial charge in [0.1, 0.15) is 0 Å². The zero-order valence-electron chi connectivity index (χ0n) is 9.37. The van der Waals surface area contributed by atoms with Crippen molar-refractivity contribution in [3.05, 3.63) is 29.3 Å². The molecule has 14 heavy (non-hydrogen) atoms. The summed E-state index contributed by atoms with van der Waals surface area (Å²) in [5, 5.41) is 0. The van der Waals surface area contributed by atoms with E-state index >= 15 is 0 Å². The molecule has 0 heterocycles. The molecule has 1 aromatic carbocycles. The lowest BCUT2D eigenvalue weighted by atomic mass is 9.94. The molecule has 0 atom stereocenters. The smallest absolute Gasteiger partial charge is 0.153 e. The Kier molecular flexibility index (Phi) is 3.53. The highest BCUT2D eigenvalue weighted by atomic mass is 16.6. The fraction of sp³-hybridized carbons (Fsp3) is 0.500. The van der Waals surface area contributed by atoms with E-state index in [-0.39, 0.29) is 0 Å². The lowest BCUT2D eigenvalue weighted by Crippen LogP contribution is -2.09. The number of hydrogen-bond acceptors (Lipinski definition) is 2. The minimum absolute atomic E-state index is 0.437. The molecule has 2 N–H and O–H groups in total.